The molecule has 0 saturated heterocycles. The molecule has 0 saturated carbocycles. The Balaban J connectivity index is 2.21. The van der Waals surface area contributed by atoms with E-state index in [1.165, 1.54) is 12.1 Å². The lowest BCUT2D eigenvalue weighted by molar-refractivity contribution is 0.414. The highest BCUT2D eigenvalue weighted by Gasteiger charge is 2.20. The van der Waals surface area contributed by atoms with Gasteiger partial charge in [0.1, 0.15) is 11.5 Å². The van der Waals surface area contributed by atoms with Gasteiger partial charge in [-0.1, -0.05) is 19.1 Å². The van der Waals surface area contributed by atoms with Crippen LogP contribution in [0.25, 0.3) is 0 Å². The molecule has 23 heavy (non-hydrogen) atoms. The van der Waals surface area contributed by atoms with E-state index in [-0.39, 0.29) is 10.9 Å². The third kappa shape index (κ3) is 4.24. The molecule has 1 atom stereocenters. The van der Waals surface area contributed by atoms with E-state index in [2.05, 4.69) is 4.72 Å². The highest BCUT2D eigenvalue weighted by molar-refractivity contribution is 7.89. The fraction of sp³-hybridized carbons (Fsp3) is 0.294. The molecule has 0 amide bonds. The number of hydrogen-bond acceptors (Lipinski definition) is 4. The van der Waals surface area contributed by atoms with Gasteiger partial charge in [-0.15, -0.1) is 0 Å². The summed E-state index contributed by atoms with van der Waals surface area (Å²) in [5.41, 5.74) is 0.894. The highest BCUT2D eigenvalue weighted by atomic mass is 32.2. The molecule has 0 spiro atoms. The summed E-state index contributed by atoms with van der Waals surface area (Å²) in [6.07, 6.45) is 0.641. The molecular weight excluding hydrogens is 314 g/mol. The van der Waals surface area contributed by atoms with Gasteiger partial charge < -0.3 is 9.47 Å². The fourth-order valence-corrected chi connectivity index (χ4v) is 3.54. The Morgan fingerprint density at radius 3 is 1.83 bits per heavy atom. The van der Waals surface area contributed by atoms with Crippen LogP contribution in [0.5, 0.6) is 11.5 Å². The first-order chi connectivity index (χ1) is 11.0. The predicted octanol–water partition coefficient (Wildman–Crippen LogP) is 3.13. The lowest BCUT2D eigenvalue weighted by Gasteiger charge is -2.18. The summed E-state index contributed by atoms with van der Waals surface area (Å²) in [5, 5.41) is 0. The van der Waals surface area contributed by atoms with Gasteiger partial charge in [-0.05, 0) is 48.4 Å². The molecule has 0 fully saturated rings. The Morgan fingerprint density at radius 2 is 1.39 bits per heavy atom. The van der Waals surface area contributed by atoms with Gasteiger partial charge in [0, 0.05) is 6.04 Å². The number of methoxy groups -OCH3 is 2. The van der Waals surface area contributed by atoms with Crippen LogP contribution in [-0.2, 0) is 10.0 Å². The topological polar surface area (TPSA) is 64.6 Å². The van der Waals surface area contributed by atoms with Crippen molar-refractivity contribution in [3.8, 4) is 11.5 Å². The van der Waals surface area contributed by atoms with E-state index in [9.17, 15) is 8.42 Å². The van der Waals surface area contributed by atoms with Crippen LogP contribution in [0.2, 0.25) is 0 Å². The maximum atomic E-state index is 12.5. The Morgan fingerprint density at radius 1 is 0.913 bits per heavy atom. The van der Waals surface area contributed by atoms with Crippen LogP contribution < -0.4 is 14.2 Å². The van der Waals surface area contributed by atoms with Crippen molar-refractivity contribution in [1.29, 1.82) is 0 Å². The lowest BCUT2D eigenvalue weighted by atomic mass is 10.1. The van der Waals surface area contributed by atoms with Crippen LogP contribution in [-0.4, -0.2) is 22.6 Å². The minimum atomic E-state index is -3.60. The smallest absolute Gasteiger partial charge is 0.241 e. The third-order valence-electron chi connectivity index (χ3n) is 3.59. The van der Waals surface area contributed by atoms with Crippen LogP contribution in [0.1, 0.15) is 24.9 Å². The number of hydrogen-bond donors (Lipinski definition) is 1. The second-order valence-corrected chi connectivity index (χ2v) is 6.74. The average molecular weight is 335 g/mol. The number of ether oxygens (including phenoxy) is 2. The number of sulfonamides is 1. The first-order valence-electron chi connectivity index (χ1n) is 7.30. The lowest BCUT2D eigenvalue weighted by Crippen LogP contribution is -2.28. The summed E-state index contributed by atoms with van der Waals surface area (Å²) >= 11 is 0. The average Bonchev–Trinajstić information content (AvgIpc) is 2.60. The first-order valence-corrected chi connectivity index (χ1v) is 8.78. The van der Waals surface area contributed by atoms with Crippen LogP contribution in [0, 0.1) is 0 Å². The molecule has 0 unspecified atom stereocenters. The van der Waals surface area contributed by atoms with Crippen molar-refractivity contribution in [3.05, 3.63) is 54.1 Å². The molecule has 0 aromatic heterocycles. The maximum Gasteiger partial charge on any atom is 0.241 e. The van der Waals surface area contributed by atoms with Crippen molar-refractivity contribution in [2.45, 2.75) is 24.3 Å². The van der Waals surface area contributed by atoms with E-state index in [0.717, 1.165) is 11.3 Å². The Hall–Kier alpha value is -2.05. The maximum absolute atomic E-state index is 12.5. The second kappa shape index (κ2) is 7.48. The van der Waals surface area contributed by atoms with E-state index >= 15 is 0 Å². The Labute approximate surface area is 137 Å². The van der Waals surface area contributed by atoms with Crippen LogP contribution >= 0.6 is 0 Å². The summed E-state index contributed by atoms with van der Waals surface area (Å²) in [7, 11) is -0.461. The number of rotatable bonds is 7. The van der Waals surface area contributed by atoms with Gasteiger partial charge in [0.05, 0.1) is 19.1 Å². The van der Waals surface area contributed by atoms with Crippen molar-refractivity contribution < 1.29 is 17.9 Å². The zero-order chi connectivity index (χ0) is 16.9. The summed E-state index contributed by atoms with van der Waals surface area (Å²) in [4.78, 5) is 0.213. The summed E-state index contributed by atoms with van der Waals surface area (Å²) in [5.74, 6) is 1.35. The van der Waals surface area contributed by atoms with E-state index in [1.54, 1.807) is 26.4 Å². The Bertz CT molecular complexity index is 724. The number of nitrogens with one attached hydrogen (secondary N) is 1. The zero-order valence-corrected chi connectivity index (χ0v) is 14.3. The molecule has 0 aliphatic carbocycles. The van der Waals surface area contributed by atoms with E-state index in [4.69, 9.17) is 9.47 Å². The fourth-order valence-electron chi connectivity index (χ4n) is 2.23. The van der Waals surface area contributed by atoms with Crippen molar-refractivity contribution in [3.63, 3.8) is 0 Å². The Kier molecular flexibility index (Phi) is 5.63. The normalized spacial score (nSPS) is 12.7. The molecular formula is C17H21NO4S. The monoisotopic (exact) mass is 335 g/mol. The molecule has 6 heteroatoms. The molecule has 1 N–H and O–H groups in total. The molecule has 124 valence electrons. The number of benzene rings is 2. The molecule has 0 radical (unpaired) electrons. The summed E-state index contributed by atoms with van der Waals surface area (Å²) in [6, 6.07) is 13.4. The van der Waals surface area contributed by atoms with Crippen molar-refractivity contribution in [2.75, 3.05) is 14.2 Å². The van der Waals surface area contributed by atoms with Crippen LogP contribution in [0.15, 0.2) is 53.4 Å². The van der Waals surface area contributed by atoms with E-state index < -0.39 is 10.0 Å². The molecule has 0 aliphatic rings. The molecule has 2 aromatic carbocycles. The van der Waals surface area contributed by atoms with Gasteiger partial charge in [0.2, 0.25) is 10.0 Å². The van der Waals surface area contributed by atoms with Crippen molar-refractivity contribution in [1.82, 2.24) is 4.72 Å². The summed E-state index contributed by atoms with van der Waals surface area (Å²) in [6.45, 7) is 1.94. The van der Waals surface area contributed by atoms with E-state index in [0.29, 0.717) is 12.2 Å². The first kappa shape index (κ1) is 17.3. The summed E-state index contributed by atoms with van der Waals surface area (Å²) < 4.78 is 38.0. The van der Waals surface area contributed by atoms with Gasteiger partial charge in [-0.25, -0.2) is 13.1 Å². The molecule has 5 nitrogen and oxygen atoms in total. The second-order valence-electron chi connectivity index (χ2n) is 5.03. The highest BCUT2D eigenvalue weighted by Crippen LogP contribution is 2.23. The minimum Gasteiger partial charge on any atom is -0.497 e. The largest absolute Gasteiger partial charge is 0.497 e. The molecule has 0 bridgehead atoms. The molecule has 2 aromatic rings. The van der Waals surface area contributed by atoms with E-state index in [1.807, 2.05) is 31.2 Å². The SMILES string of the molecule is CC[C@H](NS(=O)(=O)c1ccc(OC)cc1)c1ccc(OC)cc1. The molecule has 0 aliphatic heterocycles. The van der Waals surface area contributed by atoms with Crippen molar-refractivity contribution >= 4 is 10.0 Å². The zero-order valence-electron chi connectivity index (χ0n) is 13.4. The molecule has 2 rings (SSSR count). The van der Waals surface area contributed by atoms with Crippen LogP contribution in [0.3, 0.4) is 0 Å². The third-order valence-corrected chi connectivity index (χ3v) is 5.08. The van der Waals surface area contributed by atoms with Crippen LogP contribution in [0.4, 0.5) is 0 Å². The standard InChI is InChI=1S/C17H21NO4S/c1-4-17(13-5-7-14(21-2)8-6-13)18-23(19,20)16-11-9-15(22-3)10-12-16/h5-12,17-18H,4H2,1-3H3/t17-/m0/s1. The van der Waals surface area contributed by atoms with Gasteiger partial charge in [-0.3, -0.25) is 0 Å². The van der Waals surface area contributed by atoms with Gasteiger partial charge in [0.15, 0.2) is 0 Å². The quantitative estimate of drug-likeness (QED) is 0.844. The minimum absolute atomic E-state index is 0.213. The van der Waals surface area contributed by atoms with Gasteiger partial charge in [-0.2, -0.15) is 0 Å². The van der Waals surface area contributed by atoms with Gasteiger partial charge in [0.25, 0.3) is 0 Å². The predicted molar refractivity (Wildman–Crippen MR) is 89.3 cm³/mol. The van der Waals surface area contributed by atoms with Crippen molar-refractivity contribution in [2.24, 2.45) is 0 Å². The molecule has 0 heterocycles. The van der Waals surface area contributed by atoms with Gasteiger partial charge >= 0.3 is 0 Å².